The number of carbonyl (C=O) groups is 1. The molecular weight excluding hydrogens is 343 g/mol. The second-order valence-corrected chi connectivity index (χ2v) is 5.26. The summed E-state index contributed by atoms with van der Waals surface area (Å²) in [6.07, 6.45) is 1.59. The largest absolute Gasteiger partial charge is 0.467 e. The Morgan fingerprint density at radius 1 is 1.44 bits per heavy atom. The van der Waals surface area contributed by atoms with E-state index in [2.05, 4.69) is 22.6 Å². The molecule has 18 heavy (non-hydrogen) atoms. The van der Waals surface area contributed by atoms with Gasteiger partial charge in [-0.05, 0) is 52.9 Å². The summed E-state index contributed by atoms with van der Waals surface area (Å²) >= 11 is 2.14. The summed E-state index contributed by atoms with van der Waals surface area (Å²) in [6.45, 7) is 0.442. The van der Waals surface area contributed by atoms with Gasteiger partial charge in [0.15, 0.2) is 0 Å². The third kappa shape index (κ3) is 3.04. The van der Waals surface area contributed by atoms with Crippen LogP contribution in [0.5, 0.6) is 0 Å². The van der Waals surface area contributed by atoms with Gasteiger partial charge in [-0.2, -0.15) is 0 Å². The highest BCUT2D eigenvalue weighted by Crippen LogP contribution is 2.16. The number of carbonyl (C=O) groups excluding carboxylic acids is 1. The lowest BCUT2D eigenvalue weighted by atomic mass is 10.2. The maximum Gasteiger partial charge on any atom is 0.254 e. The minimum Gasteiger partial charge on any atom is -0.467 e. The molecule has 0 saturated heterocycles. The van der Waals surface area contributed by atoms with Gasteiger partial charge in [0.2, 0.25) is 0 Å². The summed E-state index contributed by atoms with van der Waals surface area (Å²) in [4.78, 5) is 13.8. The normalized spacial score (nSPS) is 10.3. The van der Waals surface area contributed by atoms with Crippen LogP contribution in [0.4, 0.5) is 5.69 Å². The Morgan fingerprint density at radius 2 is 2.22 bits per heavy atom. The average Bonchev–Trinajstić information content (AvgIpc) is 2.79. The summed E-state index contributed by atoms with van der Waals surface area (Å²) in [5.74, 6) is 0.682. The first-order valence-electron chi connectivity index (χ1n) is 5.40. The number of hydrogen-bond acceptors (Lipinski definition) is 3. The quantitative estimate of drug-likeness (QED) is 0.680. The van der Waals surface area contributed by atoms with E-state index in [0.717, 1.165) is 9.33 Å². The van der Waals surface area contributed by atoms with Crippen LogP contribution in [0.3, 0.4) is 0 Å². The Bertz CT molecular complexity index is 532. The molecule has 1 aromatic heterocycles. The number of amides is 1. The first-order valence-corrected chi connectivity index (χ1v) is 6.48. The minimum atomic E-state index is -0.0726. The number of nitrogens with zero attached hydrogens (tertiary/aromatic N) is 1. The van der Waals surface area contributed by atoms with Gasteiger partial charge in [-0.25, -0.2) is 0 Å². The van der Waals surface area contributed by atoms with Crippen molar-refractivity contribution in [1.29, 1.82) is 0 Å². The van der Waals surface area contributed by atoms with Crippen molar-refractivity contribution in [3.63, 3.8) is 0 Å². The van der Waals surface area contributed by atoms with Gasteiger partial charge in [-0.3, -0.25) is 4.79 Å². The molecule has 0 fully saturated rings. The molecule has 0 atom stereocenters. The van der Waals surface area contributed by atoms with Crippen molar-refractivity contribution in [2.24, 2.45) is 0 Å². The molecule has 2 N–H and O–H groups in total. The highest BCUT2D eigenvalue weighted by atomic mass is 127. The van der Waals surface area contributed by atoms with Crippen LogP contribution in [0.2, 0.25) is 0 Å². The Morgan fingerprint density at radius 3 is 2.83 bits per heavy atom. The van der Waals surface area contributed by atoms with Crippen molar-refractivity contribution < 1.29 is 9.21 Å². The van der Waals surface area contributed by atoms with Crippen molar-refractivity contribution >= 4 is 34.2 Å². The molecule has 0 radical (unpaired) electrons. The van der Waals surface area contributed by atoms with Gasteiger partial charge in [0.05, 0.1) is 12.8 Å². The maximum atomic E-state index is 12.2. The van der Waals surface area contributed by atoms with Crippen LogP contribution in [-0.2, 0) is 6.54 Å². The lowest BCUT2D eigenvalue weighted by Gasteiger charge is -2.16. The summed E-state index contributed by atoms with van der Waals surface area (Å²) in [7, 11) is 1.74. The van der Waals surface area contributed by atoms with E-state index < -0.39 is 0 Å². The van der Waals surface area contributed by atoms with Crippen LogP contribution in [0.15, 0.2) is 41.0 Å². The molecule has 2 rings (SSSR count). The first-order chi connectivity index (χ1) is 8.56. The van der Waals surface area contributed by atoms with Gasteiger partial charge in [0.1, 0.15) is 5.76 Å². The molecule has 94 valence electrons. The molecule has 1 amide bonds. The van der Waals surface area contributed by atoms with Gasteiger partial charge in [-0.15, -0.1) is 0 Å². The molecule has 0 aliphatic rings. The molecule has 1 heterocycles. The molecule has 2 aromatic rings. The Labute approximate surface area is 119 Å². The zero-order valence-electron chi connectivity index (χ0n) is 9.89. The van der Waals surface area contributed by atoms with Crippen LogP contribution >= 0.6 is 22.6 Å². The molecule has 1 aromatic carbocycles. The van der Waals surface area contributed by atoms with Crippen molar-refractivity contribution in [1.82, 2.24) is 4.90 Å². The molecule has 0 unspecified atom stereocenters. The topological polar surface area (TPSA) is 59.5 Å². The summed E-state index contributed by atoms with van der Waals surface area (Å²) in [6, 6.07) is 8.97. The number of benzene rings is 1. The van der Waals surface area contributed by atoms with E-state index in [4.69, 9.17) is 10.2 Å². The summed E-state index contributed by atoms with van der Waals surface area (Å²) in [5.41, 5.74) is 6.92. The molecule has 0 aliphatic carbocycles. The molecular formula is C13H13IN2O2. The average molecular weight is 356 g/mol. The summed E-state index contributed by atoms with van der Waals surface area (Å²) in [5, 5.41) is 0. The Balaban J connectivity index is 2.15. The van der Waals surface area contributed by atoms with E-state index in [0.29, 0.717) is 17.8 Å². The minimum absolute atomic E-state index is 0.0726. The smallest absolute Gasteiger partial charge is 0.254 e. The number of hydrogen-bond donors (Lipinski definition) is 1. The molecule has 5 heteroatoms. The molecule has 0 bridgehead atoms. The van der Waals surface area contributed by atoms with Gasteiger partial charge in [-0.1, -0.05) is 0 Å². The first kappa shape index (κ1) is 12.9. The van der Waals surface area contributed by atoms with Crippen molar-refractivity contribution in [2.45, 2.75) is 6.54 Å². The lowest BCUT2D eigenvalue weighted by molar-refractivity contribution is 0.0775. The summed E-state index contributed by atoms with van der Waals surface area (Å²) < 4.78 is 6.16. The lowest BCUT2D eigenvalue weighted by Crippen LogP contribution is -2.26. The fraction of sp³-hybridized carbons (Fsp3) is 0.154. The van der Waals surface area contributed by atoms with E-state index >= 15 is 0 Å². The highest BCUT2D eigenvalue weighted by molar-refractivity contribution is 14.1. The van der Waals surface area contributed by atoms with Crippen LogP contribution in [-0.4, -0.2) is 17.9 Å². The number of rotatable bonds is 3. The number of furan rings is 1. The van der Waals surface area contributed by atoms with Gasteiger partial charge in [0.25, 0.3) is 5.91 Å². The SMILES string of the molecule is CN(Cc1ccco1)C(=O)c1cc(N)cc(I)c1. The third-order valence-corrected chi connectivity index (χ3v) is 3.11. The Hall–Kier alpha value is -1.50. The predicted octanol–water partition coefficient (Wildman–Crippen LogP) is 2.74. The van der Waals surface area contributed by atoms with Gasteiger partial charge < -0.3 is 15.1 Å². The van der Waals surface area contributed by atoms with Crippen LogP contribution in [0.1, 0.15) is 16.1 Å². The van der Waals surface area contributed by atoms with Crippen molar-refractivity contribution in [3.05, 3.63) is 51.5 Å². The molecule has 4 nitrogen and oxygen atoms in total. The number of nitrogen functional groups attached to an aromatic ring is 1. The van der Waals surface area contributed by atoms with Crippen LogP contribution in [0, 0.1) is 3.57 Å². The molecule has 0 spiro atoms. The molecule has 0 saturated carbocycles. The molecule has 0 aliphatic heterocycles. The zero-order valence-corrected chi connectivity index (χ0v) is 12.0. The third-order valence-electron chi connectivity index (χ3n) is 2.49. The van der Waals surface area contributed by atoms with E-state index in [1.165, 1.54) is 0 Å². The van der Waals surface area contributed by atoms with Crippen LogP contribution < -0.4 is 5.73 Å². The zero-order chi connectivity index (χ0) is 13.1. The van der Waals surface area contributed by atoms with Crippen LogP contribution in [0.25, 0.3) is 0 Å². The van der Waals surface area contributed by atoms with E-state index in [1.54, 1.807) is 30.3 Å². The predicted molar refractivity (Wildman–Crippen MR) is 78.1 cm³/mol. The van der Waals surface area contributed by atoms with Crippen molar-refractivity contribution in [2.75, 3.05) is 12.8 Å². The van der Waals surface area contributed by atoms with Crippen molar-refractivity contribution in [3.8, 4) is 0 Å². The fourth-order valence-corrected chi connectivity index (χ4v) is 2.36. The second kappa shape index (κ2) is 5.43. The van der Waals surface area contributed by atoms with E-state index in [1.807, 2.05) is 18.2 Å². The van der Waals surface area contributed by atoms with Gasteiger partial charge in [0, 0.05) is 21.9 Å². The maximum absolute atomic E-state index is 12.2. The fourth-order valence-electron chi connectivity index (χ4n) is 1.66. The highest BCUT2D eigenvalue weighted by Gasteiger charge is 2.14. The number of nitrogens with two attached hydrogens (primary N) is 1. The van der Waals surface area contributed by atoms with E-state index in [9.17, 15) is 4.79 Å². The van der Waals surface area contributed by atoms with Gasteiger partial charge >= 0.3 is 0 Å². The standard InChI is InChI=1S/C13H13IN2O2/c1-16(8-12-3-2-4-18-12)13(17)9-5-10(14)7-11(15)6-9/h2-7H,8,15H2,1H3. The number of halogens is 1. The number of anilines is 1. The monoisotopic (exact) mass is 356 g/mol. The second-order valence-electron chi connectivity index (χ2n) is 4.01. The van der Waals surface area contributed by atoms with E-state index in [-0.39, 0.29) is 5.91 Å². The Kier molecular flexibility index (Phi) is 3.90.